The monoisotopic (exact) mass is 778 g/mol. The Kier molecular flexibility index (Phi) is 11.5. The molecule has 0 radical (unpaired) electrons. The summed E-state index contributed by atoms with van der Waals surface area (Å²) in [6.07, 6.45) is 12.2. The quantitative estimate of drug-likeness (QED) is 0.160. The molecule has 1 saturated heterocycles. The standard InChI is InChI=1S/C48H57F3N4O2/c1-31-10-14-35(15-11-31)44(49)43-41(34-18-22-48(50,51)23-19-34)42-39(26-47(2,3)27-40(42)57-30-32-12-16-38(56-4)17-13-32)54-45(43)36-20-24-55(25-21-36)46-52-28-37(29-53-46)33-8-6-5-7-9-33/h8,10-17,28-29,34,36,40,44H,5-7,9,18-27,30H2,1-4H3/t40-,44-/m0/s1. The average molecular weight is 779 g/mol. The molecule has 3 aliphatic carbocycles. The van der Waals surface area contributed by atoms with Gasteiger partial charge in [-0.1, -0.05) is 61.9 Å². The molecule has 1 saturated carbocycles. The highest BCUT2D eigenvalue weighted by atomic mass is 19.3. The summed E-state index contributed by atoms with van der Waals surface area (Å²) >= 11 is 0. The number of pyridine rings is 1. The van der Waals surface area contributed by atoms with E-state index in [2.05, 4.69) is 24.8 Å². The third-order valence-corrected chi connectivity index (χ3v) is 13.0. The number of hydrogen-bond acceptors (Lipinski definition) is 6. The van der Waals surface area contributed by atoms with Gasteiger partial charge in [-0.3, -0.25) is 4.98 Å². The van der Waals surface area contributed by atoms with E-state index in [9.17, 15) is 8.78 Å². The number of fused-ring (bicyclic) bond motifs is 1. The van der Waals surface area contributed by atoms with Crippen molar-refractivity contribution in [3.63, 3.8) is 0 Å². The molecule has 0 N–H and O–H groups in total. The summed E-state index contributed by atoms with van der Waals surface area (Å²) < 4.78 is 59.8. The van der Waals surface area contributed by atoms with Crippen LogP contribution in [0, 0.1) is 12.3 Å². The van der Waals surface area contributed by atoms with Gasteiger partial charge >= 0.3 is 0 Å². The third kappa shape index (κ3) is 8.79. The van der Waals surface area contributed by atoms with Gasteiger partial charge in [0.15, 0.2) is 6.17 Å². The number of ether oxygens (including phenoxy) is 2. The number of nitrogens with zero attached hydrogens (tertiary/aromatic N) is 4. The minimum absolute atomic E-state index is 0.00981. The largest absolute Gasteiger partial charge is 0.497 e. The second-order valence-corrected chi connectivity index (χ2v) is 17.8. The SMILES string of the molecule is COc1ccc(CO[C@H]2CC(C)(C)Cc3nc(C4CCN(c5ncc(C6=CCCCC6)cn5)CC4)c([C@@H](F)c4ccc(C)cc4)c(C4CCC(F)(F)CC4)c32)cc1. The fourth-order valence-corrected chi connectivity index (χ4v) is 9.74. The minimum Gasteiger partial charge on any atom is -0.497 e. The molecule has 1 aliphatic heterocycles. The number of piperidine rings is 1. The van der Waals surface area contributed by atoms with Crippen molar-refractivity contribution in [2.45, 2.75) is 134 Å². The van der Waals surface area contributed by atoms with Crippen molar-refractivity contribution in [1.82, 2.24) is 15.0 Å². The first-order valence-corrected chi connectivity index (χ1v) is 21.1. The minimum atomic E-state index is -2.72. The number of benzene rings is 2. The molecule has 9 heteroatoms. The van der Waals surface area contributed by atoms with E-state index in [1.165, 1.54) is 18.4 Å². The molecule has 4 aromatic rings. The number of allylic oxidation sites excluding steroid dienone is 2. The molecule has 2 aromatic heterocycles. The van der Waals surface area contributed by atoms with Crippen LogP contribution < -0.4 is 9.64 Å². The van der Waals surface area contributed by atoms with Crippen molar-refractivity contribution in [1.29, 1.82) is 0 Å². The molecule has 4 aliphatic rings. The first-order chi connectivity index (χ1) is 27.5. The first-order valence-electron chi connectivity index (χ1n) is 21.1. The average Bonchev–Trinajstić information content (AvgIpc) is 3.22. The van der Waals surface area contributed by atoms with Gasteiger partial charge in [0.25, 0.3) is 0 Å². The summed E-state index contributed by atoms with van der Waals surface area (Å²) in [7, 11) is 1.65. The lowest BCUT2D eigenvalue weighted by atomic mass is 9.68. The fourth-order valence-electron chi connectivity index (χ4n) is 9.74. The van der Waals surface area contributed by atoms with Crippen LogP contribution in [0.2, 0.25) is 0 Å². The summed E-state index contributed by atoms with van der Waals surface area (Å²) in [6.45, 7) is 8.29. The van der Waals surface area contributed by atoms with Crippen molar-refractivity contribution in [2.24, 2.45) is 5.41 Å². The fraction of sp³-hybridized carbons (Fsp3) is 0.521. The zero-order valence-corrected chi connectivity index (χ0v) is 34.0. The van der Waals surface area contributed by atoms with E-state index < -0.39 is 12.1 Å². The molecule has 8 rings (SSSR count). The normalized spacial score (nSPS) is 21.8. The van der Waals surface area contributed by atoms with Crippen molar-refractivity contribution < 1.29 is 22.6 Å². The molecular weight excluding hydrogens is 722 g/mol. The molecule has 2 atom stereocenters. The Labute approximate surface area is 336 Å². The molecule has 0 amide bonds. The molecule has 2 aromatic carbocycles. The molecule has 0 unspecified atom stereocenters. The molecule has 6 nitrogen and oxygen atoms in total. The van der Waals surface area contributed by atoms with E-state index >= 15 is 4.39 Å². The number of aromatic nitrogens is 3. The Morgan fingerprint density at radius 2 is 1.58 bits per heavy atom. The molecule has 57 heavy (non-hydrogen) atoms. The van der Waals surface area contributed by atoms with Crippen molar-refractivity contribution >= 4 is 11.5 Å². The number of methoxy groups -OCH3 is 1. The summed E-state index contributed by atoms with van der Waals surface area (Å²) in [4.78, 5) is 17.4. The smallest absolute Gasteiger partial charge is 0.248 e. The predicted molar refractivity (Wildman–Crippen MR) is 220 cm³/mol. The van der Waals surface area contributed by atoms with Crippen LogP contribution >= 0.6 is 0 Å². The maximum Gasteiger partial charge on any atom is 0.248 e. The van der Waals surface area contributed by atoms with Gasteiger partial charge < -0.3 is 14.4 Å². The van der Waals surface area contributed by atoms with E-state index in [1.54, 1.807) is 7.11 Å². The van der Waals surface area contributed by atoms with Crippen LogP contribution in [0.1, 0.15) is 159 Å². The molecule has 2 fully saturated rings. The van der Waals surface area contributed by atoms with Crippen molar-refractivity contribution in [2.75, 3.05) is 25.1 Å². The van der Waals surface area contributed by atoms with Gasteiger partial charge in [0.2, 0.25) is 11.9 Å². The van der Waals surface area contributed by atoms with Gasteiger partial charge in [0.05, 0.1) is 25.5 Å². The molecule has 302 valence electrons. The van der Waals surface area contributed by atoms with Gasteiger partial charge in [-0.05, 0) is 117 Å². The van der Waals surface area contributed by atoms with Gasteiger partial charge in [-0.15, -0.1) is 0 Å². The van der Waals surface area contributed by atoms with E-state index in [0.29, 0.717) is 37.0 Å². The topological polar surface area (TPSA) is 60.4 Å². The lowest BCUT2D eigenvalue weighted by molar-refractivity contribution is -0.0390. The van der Waals surface area contributed by atoms with Crippen LogP contribution in [0.3, 0.4) is 0 Å². The van der Waals surface area contributed by atoms with E-state index in [0.717, 1.165) is 96.1 Å². The van der Waals surface area contributed by atoms with Gasteiger partial charge in [-0.25, -0.2) is 23.1 Å². The second kappa shape index (κ2) is 16.6. The molecule has 0 spiro atoms. The highest BCUT2D eigenvalue weighted by molar-refractivity contribution is 5.65. The van der Waals surface area contributed by atoms with Gasteiger partial charge in [-0.2, -0.15) is 0 Å². The van der Waals surface area contributed by atoms with Crippen molar-refractivity contribution in [3.8, 4) is 5.75 Å². The lowest BCUT2D eigenvalue weighted by Gasteiger charge is -2.42. The predicted octanol–water partition coefficient (Wildman–Crippen LogP) is 12.1. The number of rotatable bonds is 10. The second-order valence-electron chi connectivity index (χ2n) is 17.8. The Bertz CT molecular complexity index is 2030. The molecule has 3 heterocycles. The van der Waals surface area contributed by atoms with Crippen LogP contribution in [0.4, 0.5) is 19.1 Å². The number of anilines is 1. The number of aryl methyl sites for hydroxylation is 1. The highest BCUT2D eigenvalue weighted by Crippen LogP contribution is 2.53. The zero-order valence-electron chi connectivity index (χ0n) is 34.0. The zero-order chi connectivity index (χ0) is 39.7. The van der Waals surface area contributed by atoms with Crippen LogP contribution in [-0.4, -0.2) is 41.1 Å². The summed E-state index contributed by atoms with van der Waals surface area (Å²) in [5, 5.41) is 0. The van der Waals surface area contributed by atoms with E-state index in [1.807, 2.05) is 67.8 Å². The third-order valence-electron chi connectivity index (χ3n) is 13.0. The van der Waals surface area contributed by atoms with Crippen LogP contribution in [0.5, 0.6) is 5.75 Å². The molecule has 0 bridgehead atoms. The van der Waals surface area contributed by atoms with Crippen LogP contribution in [0.15, 0.2) is 67.0 Å². The Morgan fingerprint density at radius 1 is 0.877 bits per heavy atom. The molecular formula is C48H57F3N4O2. The maximum absolute atomic E-state index is 17.8. The van der Waals surface area contributed by atoms with E-state index in [4.69, 9.17) is 24.4 Å². The van der Waals surface area contributed by atoms with Crippen LogP contribution in [0.25, 0.3) is 5.57 Å². The lowest BCUT2D eigenvalue weighted by Crippen LogP contribution is -2.36. The summed E-state index contributed by atoms with van der Waals surface area (Å²) in [5.74, 6) is -1.46. The Balaban J connectivity index is 1.19. The van der Waals surface area contributed by atoms with E-state index in [-0.39, 0.29) is 36.2 Å². The van der Waals surface area contributed by atoms with Crippen molar-refractivity contribution in [3.05, 3.63) is 117 Å². The van der Waals surface area contributed by atoms with Gasteiger partial charge in [0, 0.05) is 66.6 Å². The van der Waals surface area contributed by atoms with Crippen LogP contribution in [-0.2, 0) is 17.8 Å². The first kappa shape index (κ1) is 39.6. The Morgan fingerprint density at radius 3 is 2.23 bits per heavy atom. The number of hydrogen-bond donors (Lipinski definition) is 0. The number of alkyl halides is 3. The number of halogens is 3. The maximum atomic E-state index is 17.8. The summed E-state index contributed by atoms with van der Waals surface area (Å²) in [5.41, 5.74) is 9.06. The summed E-state index contributed by atoms with van der Waals surface area (Å²) in [6, 6.07) is 15.5. The highest BCUT2D eigenvalue weighted by Gasteiger charge is 2.44. The Hall–Kier alpha value is -4.24. The van der Waals surface area contributed by atoms with Gasteiger partial charge in [0.1, 0.15) is 5.75 Å².